The summed E-state index contributed by atoms with van der Waals surface area (Å²) in [6.07, 6.45) is 2.85. The third-order valence-corrected chi connectivity index (χ3v) is 3.03. The van der Waals surface area contributed by atoms with E-state index in [2.05, 4.69) is 15.0 Å². The maximum atomic E-state index is 11.8. The molecule has 2 heterocycles. The topological polar surface area (TPSA) is 68.3 Å². The number of esters is 1. The van der Waals surface area contributed by atoms with Crippen LogP contribution in [0.5, 0.6) is 0 Å². The molecular weight excluding hydrogens is 252 g/mol. The second-order valence-electron chi connectivity index (χ2n) is 3.39. The largest absolute Gasteiger partial charge is 0.465 e. The van der Waals surface area contributed by atoms with E-state index in [0.29, 0.717) is 16.1 Å². The van der Waals surface area contributed by atoms with E-state index in [-0.39, 0.29) is 5.91 Å². The first-order valence-electron chi connectivity index (χ1n) is 5.09. The SMILES string of the molecule is COC(=O)c1cncc(NC(=O)c2cccs2)c1. The molecular formula is C12H10N2O3S. The number of amides is 1. The Morgan fingerprint density at radius 1 is 1.39 bits per heavy atom. The van der Waals surface area contributed by atoms with E-state index in [1.54, 1.807) is 12.1 Å². The van der Waals surface area contributed by atoms with Crippen LogP contribution in [0.3, 0.4) is 0 Å². The summed E-state index contributed by atoms with van der Waals surface area (Å²) in [5.41, 5.74) is 0.748. The van der Waals surface area contributed by atoms with Crippen molar-refractivity contribution in [3.8, 4) is 0 Å². The number of methoxy groups -OCH3 is 1. The number of pyridine rings is 1. The fraction of sp³-hybridized carbons (Fsp3) is 0.0833. The summed E-state index contributed by atoms with van der Waals surface area (Å²) >= 11 is 1.34. The molecule has 18 heavy (non-hydrogen) atoms. The Hall–Kier alpha value is -2.21. The van der Waals surface area contributed by atoms with Gasteiger partial charge < -0.3 is 10.1 Å². The number of hydrogen-bond donors (Lipinski definition) is 1. The zero-order valence-corrected chi connectivity index (χ0v) is 10.4. The number of nitrogens with zero attached hydrogens (tertiary/aromatic N) is 1. The molecule has 1 amide bonds. The van der Waals surface area contributed by atoms with Crippen LogP contribution in [0.25, 0.3) is 0 Å². The van der Waals surface area contributed by atoms with Gasteiger partial charge in [0.25, 0.3) is 5.91 Å². The minimum atomic E-state index is -0.491. The lowest BCUT2D eigenvalue weighted by Gasteiger charge is -2.04. The van der Waals surface area contributed by atoms with Crippen LogP contribution < -0.4 is 5.32 Å². The molecule has 5 nitrogen and oxygen atoms in total. The summed E-state index contributed by atoms with van der Waals surface area (Å²) in [6, 6.07) is 5.03. The third-order valence-electron chi connectivity index (χ3n) is 2.16. The number of rotatable bonds is 3. The van der Waals surface area contributed by atoms with Crippen molar-refractivity contribution >= 4 is 28.9 Å². The van der Waals surface area contributed by atoms with Gasteiger partial charge in [-0.05, 0) is 17.5 Å². The molecule has 6 heteroatoms. The van der Waals surface area contributed by atoms with Crippen LogP contribution in [0.1, 0.15) is 20.0 Å². The monoisotopic (exact) mass is 262 g/mol. The van der Waals surface area contributed by atoms with Gasteiger partial charge in [-0.25, -0.2) is 4.79 Å². The zero-order valence-electron chi connectivity index (χ0n) is 9.54. The van der Waals surface area contributed by atoms with Crippen molar-refractivity contribution in [3.05, 3.63) is 46.4 Å². The average Bonchev–Trinajstić information content (AvgIpc) is 2.92. The lowest BCUT2D eigenvalue weighted by molar-refractivity contribution is 0.0600. The van der Waals surface area contributed by atoms with Crippen molar-refractivity contribution in [2.45, 2.75) is 0 Å². The van der Waals surface area contributed by atoms with Gasteiger partial charge in [-0.15, -0.1) is 11.3 Å². The summed E-state index contributed by atoms with van der Waals surface area (Å²) in [4.78, 5) is 27.6. The van der Waals surface area contributed by atoms with Gasteiger partial charge in [0.05, 0.1) is 29.4 Å². The lowest BCUT2D eigenvalue weighted by Crippen LogP contribution is -2.11. The molecule has 0 aliphatic heterocycles. The number of nitrogens with one attached hydrogen (secondary N) is 1. The van der Waals surface area contributed by atoms with Crippen LogP contribution in [0, 0.1) is 0 Å². The molecule has 0 spiro atoms. The first-order chi connectivity index (χ1) is 8.70. The van der Waals surface area contributed by atoms with Crippen LogP contribution in [-0.4, -0.2) is 24.0 Å². The molecule has 0 fully saturated rings. The standard InChI is InChI=1S/C12H10N2O3S/c1-17-12(16)8-5-9(7-13-6-8)14-11(15)10-3-2-4-18-10/h2-7H,1H3,(H,14,15). The number of carbonyl (C=O) groups excluding carboxylic acids is 2. The van der Waals surface area contributed by atoms with Crippen molar-refractivity contribution in [2.75, 3.05) is 12.4 Å². The summed E-state index contributed by atoms with van der Waals surface area (Å²) in [6.45, 7) is 0. The van der Waals surface area contributed by atoms with Crippen LogP contribution in [0.15, 0.2) is 36.0 Å². The number of anilines is 1. The Morgan fingerprint density at radius 2 is 2.22 bits per heavy atom. The van der Waals surface area contributed by atoms with Crippen molar-refractivity contribution in [2.24, 2.45) is 0 Å². The zero-order chi connectivity index (χ0) is 13.0. The minimum absolute atomic E-state index is 0.228. The highest BCUT2D eigenvalue weighted by atomic mass is 32.1. The van der Waals surface area contributed by atoms with E-state index >= 15 is 0 Å². The molecule has 2 aromatic heterocycles. The second-order valence-corrected chi connectivity index (χ2v) is 4.33. The molecule has 0 saturated heterocycles. The van der Waals surface area contributed by atoms with Crippen LogP contribution in [0.4, 0.5) is 5.69 Å². The Labute approximate surface area is 107 Å². The van der Waals surface area contributed by atoms with Gasteiger partial charge in [0, 0.05) is 6.20 Å². The summed E-state index contributed by atoms with van der Waals surface area (Å²) < 4.78 is 4.58. The van der Waals surface area contributed by atoms with Gasteiger partial charge in [-0.2, -0.15) is 0 Å². The third kappa shape index (κ3) is 2.72. The maximum Gasteiger partial charge on any atom is 0.339 e. The predicted octanol–water partition coefficient (Wildman–Crippen LogP) is 2.18. The average molecular weight is 262 g/mol. The van der Waals surface area contributed by atoms with E-state index in [9.17, 15) is 9.59 Å². The minimum Gasteiger partial charge on any atom is -0.465 e. The molecule has 0 aliphatic rings. The highest BCUT2D eigenvalue weighted by Gasteiger charge is 2.10. The first-order valence-corrected chi connectivity index (χ1v) is 5.97. The van der Waals surface area contributed by atoms with Crippen LogP contribution in [-0.2, 0) is 4.74 Å². The van der Waals surface area contributed by atoms with E-state index in [1.807, 2.05) is 5.38 Å². The molecule has 0 saturated carbocycles. The molecule has 2 aromatic rings. The second kappa shape index (κ2) is 5.42. The van der Waals surface area contributed by atoms with Gasteiger partial charge in [-0.3, -0.25) is 9.78 Å². The normalized spacial score (nSPS) is 9.83. The number of aromatic nitrogens is 1. The molecule has 0 unspecified atom stereocenters. The van der Waals surface area contributed by atoms with Gasteiger partial charge in [0.15, 0.2) is 0 Å². The summed E-state index contributed by atoms with van der Waals surface area (Å²) in [5, 5.41) is 4.48. The highest BCUT2D eigenvalue weighted by molar-refractivity contribution is 7.12. The molecule has 0 radical (unpaired) electrons. The molecule has 92 valence electrons. The van der Waals surface area contributed by atoms with Crippen LogP contribution >= 0.6 is 11.3 Å². The smallest absolute Gasteiger partial charge is 0.339 e. The fourth-order valence-electron chi connectivity index (χ4n) is 1.34. The summed E-state index contributed by atoms with van der Waals surface area (Å²) in [7, 11) is 1.29. The van der Waals surface area contributed by atoms with E-state index in [0.717, 1.165) is 0 Å². The first kappa shape index (κ1) is 12.3. The fourth-order valence-corrected chi connectivity index (χ4v) is 1.96. The Morgan fingerprint density at radius 3 is 2.89 bits per heavy atom. The number of hydrogen-bond acceptors (Lipinski definition) is 5. The van der Waals surface area contributed by atoms with Gasteiger partial charge in [0.1, 0.15) is 0 Å². The van der Waals surface area contributed by atoms with Crippen molar-refractivity contribution in [3.63, 3.8) is 0 Å². The predicted molar refractivity (Wildman–Crippen MR) is 67.8 cm³/mol. The van der Waals surface area contributed by atoms with Crippen LogP contribution in [0.2, 0.25) is 0 Å². The lowest BCUT2D eigenvalue weighted by atomic mass is 10.2. The maximum absolute atomic E-state index is 11.8. The molecule has 0 bridgehead atoms. The summed E-state index contributed by atoms with van der Waals surface area (Å²) in [5.74, 6) is -0.719. The Balaban J connectivity index is 2.15. The molecule has 2 rings (SSSR count). The van der Waals surface area contributed by atoms with Gasteiger partial charge in [-0.1, -0.05) is 6.07 Å². The number of thiophene rings is 1. The quantitative estimate of drug-likeness (QED) is 0.861. The number of ether oxygens (including phenoxy) is 1. The van der Waals surface area contributed by atoms with E-state index in [4.69, 9.17) is 0 Å². The van der Waals surface area contributed by atoms with Crippen molar-refractivity contribution < 1.29 is 14.3 Å². The van der Waals surface area contributed by atoms with Crippen molar-refractivity contribution in [1.82, 2.24) is 4.98 Å². The molecule has 1 N–H and O–H groups in total. The van der Waals surface area contributed by atoms with E-state index < -0.39 is 5.97 Å². The Kier molecular flexibility index (Phi) is 3.69. The van der Waals surface area contributed by atoms with Crippen molar-refractivity contribution in [1.29, 1.82) is 0 Å². The van der Waals surface area contributed by atoms with Gasteiger partial charge in [0.2, 0.25) is 0 Å². The highest BCUT2D eigenvalue weighted by Crippen LogP contribution is 2.14. The van der Waals surface area contributed by atoms with E-state index in [1.165, 1.54) is 36.9 Å². The van der Waals surface area contributed by atoms with Gasteiger partial charge >= 0.3 is 5.97 Å². The molecule has 0 aliphatic carbocycles. The Bertz CT molecular complexity index is 566. The molecule has 0 aromatic carbocycles. The molecule has 0 atom stereocenters. The number of carbonyl (C=O) groups is 2.